The zero-order chi connectivity index (χ0) is 14.4. The molecule has 0 saturated carbocycles. The highest BCUT2D eigenvalue weighted by atomic mass is 16.2. The van der Waals surface area contributed by atoms with E-state index >= 15 is 0 Å². The third-order valence-electron chi connectivity index (χ3n) is 3.88. The Bertz CT molecular complexity index is 415. The third-order valence-corrected chi connectivity index (χ3v) is 3.88. The maximum Gasteiger partial charge on any atom is 0.228 e. The van der Waals surface area contributed by atoms with Crippen molar-refractivity contribution >= 4 is 11.7 Å². The van der Waals surface area contributed by atoms with Crippen molar-refractivity contribution in [1.29, 1.82) is 0 Å². The van der Waals surface area contributed by atoms with Crippen molar-refractivity contribution < 1.29 is 4.79 Å². The van der Waals surface area contributed by atoms with Gasteiger partial charge < -0.3 is 4.90 Å². The van der Waals surface area contributed by atoms with Crippen LogP contribution in [0.25, 0.3) is 0 Å². The molecule has 1 aromatic rings. The van der Waals surface area contributed by atoms with Crippen molar-refractivity contribution in [3.63, 3.8) is 0 Å². The lowest BCUT2D eigenvalue weighted by molar-refractivity contribution is -0.118. The van der Waals surface area contributed by atoms with Gasteiger partial charge in [-0.25, -0.2) is 4.98 Å². The van der Waals surface area contributed by atoms with Gasteiger partial charge in [-0.2, -0.15) is 0 Å². The van der Waals surface area contributed by atoms with Gasteiger partial charge in [0.25, 0.3) is 0 Å². The quantitative estimate of drug-likeness (QED) is 0.829. The van der Waals surface area contributed by atoms with Crippen LogP contribution in [0.2, 0.25) is 0 Å². The van der Waals surface area contributed by atoms with Crippen LogP contribution in [0.1, 0.15) is 39.5 Å². The Kier molecular flexibility index (Phi) is 5.53. The number of carbonyl (C=O) groups excluding carboxylic acids is 1. The van der Waals surface area contributed by atoms with E-state index in [1.165, 1.54) is 19.3 Å². The van der Waals surface area contributed by atoms with Gasteiger partial charge in [0.05, 0.1) is 0 Å². The molecular formula is C16H25N3O. The predicted molar refractivity (Wildman–Crippen MR) is 81.8 cm³/mol. The van der Waals surface area contributed by atoms with Crippen molar-refractivity contribution in [2.24, 2.45) is 0 Å². The minimum atomic E-state index is 0.146. The summed E-state index contributed by atoms with van der Waals surface area (Å²) in [5, 5.41) is 0. The second-order valence-electron chi connectivity index (χ2n) is 5.52. The molecule has 0 radical (unpaired) electrons. The monoisotopic (exact) mass is 275 g/mol. The number of nitrogens with zero attached hydrogens (tertiary/aromatic N) is 3. The average Bonchev–Trinajstić information content (AvgIpc) is 2.49. The number of anilines is 1. The number of piperidine rings is 1. The second-order valence-corrected chi connectivity index (χ2v) is 5.52. The summed E-state index contributed by atoms with van der Waals surface area (Å²) < 4.78 is 0. The van der Waals surface area contributed by atoms with Gasteiger partial charge in [0.15, 0.2) is 0 Å². The average molecular weight is 275 g/mol. The maximum absolute atomic E-state index is 12.3. The number of hydrogen-bond acceptors (Lipinski definition) is 3. The first kappa shape index (κ1) is 15.0. The Hall–Kier alpha value is -1.42. The summed E-state index contributed by atoms with van der Waals surface area (Å²) in [6.07, 6.45) is 6.15. The van der Waals surface area contributed by atoms with Crippen LogP contribution in [-0.2, 0) is 4.79 Å². The van der Waals surface area contributed by atoms with E-state index in [9.17, 15) is 4.79 Å². The van der Waals surface area contributed by atoms with Crippen LogP contribution < -0.4 is 4.90 Å². The van der Waals surface area contributed by atoms with E-state index in [1.807, 2.05) is 30.0 Å². The molecule has 1 aliphatic rings. The first-order chi connectivity index (χ1) is 9.72. The third kappa shape index (κ3) is 3.79. The zero-order valence-electron chi connectivity index (χ0n) is 12.6. The largest absolute Gasteiger partial charge is 0.301 e. The number of aromatic nitrogens is 1. The molecule has 1 atom stereocenters. The van der Waals surface area contributed by atoms with Gasteiger partial charge in [-0.3, -0.25) is 9.69 Å². The molecule has 1 aromatic heterocycles. The Morgan fingerprint density at radius 1 is 1.35 bits per heavy atom. The highest BCUT2D eigenvalue weighted by molar-refractivity contribution is 5.92. The van der Waals surface area contributed by atoms with E-state index in [2.05, 4.69) is 16.8 Å². The van der Waals surface area contributed by atoms with Crippen molar-refractivity contribution in [3.8, 4) is 0 Å². The highest BCUT2D eigenvalue weighted by Crippen LogP contribution is 2.17. The maximum atomic E-state index is 12.3. The summed E-state index contributed by atoms with van der Waals surface area (Å²) in [6.45, 7) is 7.27. The summed E-state index contributed by atoms with van der Waals surface area (Å²) in [6, 6.07) is 5.90. The number of pyridine rings is 1. The molecule has 4 nitrogen and oxygen atoms in total. The van der Waals surface area contributed by atoms with Crippen LogP contribution in [0, 0.1) is 0 Å². The summed E-state index contributed by atoms with van der Waals surface area (Å²) in [5.41, 5.74) is 0. The van der Waals surface area contributed by atoms with E-state index < -0.39 is 0 Å². The fraction of sp³-hybridized carbons (Fsp3) is 0.625. The highest BCUT2D eigenvalue weighted by Gasteiger charge is 2.24. The van der Waals surface area contributed by atoms with Crippen molar-refractivity contribution in [1.82, 2.24) is 9.88 Å². The molecule has 2 heterocycles. The molecule has 1 saturated heterocycles. The standard InChI is InChI=1S/C16H25N3O/c1-3-16(20)19(15-9-5-6-10-17-15)14(2)13-18-11-7-4-8-12-18/h5-6,9-10,14H,3-4,7-8,11-13H2,1-2H3. The molecule has 0 aliphatic carbocycles. The lowest BCUT2D eigenvalue weighted by Gasteiger charge is -2.34. The number of hydrogen-bond donors (Lipinski definition) is 0. The van der Waals surface area contributed by atoms with E-state index in [1.54, 1.807) is 6.20 Å². The second kappa shape index (κ2) is 7.39. The molecule has 1 amide bonds. The molecule has 20 heavy (non-hydrogen) atoms. The topological polar surface area (TPSA) is 36.4 Å². The van der Waals surface area contributed by atoms with Crippen LogP contribution in [-0.4, -0.2) is 41.5 Å². The number of amides is 1. The van der Waals surface area contributed by atoms with Crippen molar-refractivity contribution in [2.45, 2.75) is 45.6 Å². The number of rotatable bonds is 5. The Labute approximate surface area is 121 Å². The van der Waals surface area contributed by atoms with Crippen molar-refractivity contribution in [2.75, 3.05) is 24.5 Å². The van der Waals surface area contributed by atoms with Crippen LogP contribution in [0.3, 0.4) is 0 Å². The smallest absolute Gasteiger partial charge is 0.228 e. The molecule has 1 fully saturated rings. The molecule has 0 N–H and O–H groups in total. The van der Waals surface area contributed by atoms with Crippen LogP contribution in [0.15, 0.2) is 24.4 Å². The fourth-order valence-corrected chi connectivity index (χ4v) is 2.86. The van der Waals surface area contributed by atoms with Gasteiger partial charge in [0.2, 0.25) is 5.91 Å². The Morgan fingerprint density at radius 3 is 2.70 bits per heavy atom. The summed E-state index contributed by atoms with van der Waals surface area (Å²) in [7, 11) is 0. The zero-order valence-corrected chi connectivity index (χ0v) is 12.6. The molecule has 1 unspecified atom stereocenters. The summed E-state index contributed by atoms with van der Waals surface area (Å²) in [5.74, 6) is 0.914. The van der Waals surface area contributed by atoms with Gasteiger partial charge in [-0.15, -0.1) is 0 Å². The first-order valence-corrected chi connectivity index (χ1v) is 7.67. The molecular weight excluding hydrogens is 250 g/mol. The van der Waals surface area contributed by atoms with Gasteiger partial charge in [0, 0.05) is 25.2 Å². The molecule has 4 heteroatoms. The van der Waals surface area contributed by atoms with Crippen molar-refractivity contribution in [3.05, 3.63) is 24.4 Å². The van der Waals surface area contributed by atoms with Crippen LogP contribution in [0.4, 0.5) is 5.82 Å². The van der Waals surface area contributed by atoms with Gasteiger partial charge in [-0.05, 0) is 45.0 Å². The van der Waals surface area contributed by atoms with E-state index in [0.717, 1.165) is 25.5 Å². The molecule has 1 aliphatic heterocycles. The first-order valence-electron chi connectivity index (χ1n) is 7.67. The Balaban J connectivity index is 2.07. The lowest BCUT2D eigenvalue weighted by atomic mass is 10.1. The van der Waals surface area contributed by atoms with Gasteiger partial charge >= 0.3 is 0 Å². The Morgan fingerprint density at radius 2 is 2.10 bits per heavy atom. The molecule has 0 spiro atoms. The van der Waals surface area contributed by atoms with E-state index in [0.29, 0.717) is 6.42 Å². The lowest BCUT2D eigenvalue weighted by Crippen LogP contribution is -2.47. The summed E-state index contributed by atoms with van der Waals surface area (Å²) >= 11 is 0. The van der Waals surface area contributed by atoms with Crippen LogP contribution >= 0.6 is 0 Å². The molecule has 0 aromatic carbocycles. The van der Waals surface area contributed by atoms with Crippen LogP contribution in [0.5, 0.6) is 0 Å². The molecule has 0 bridgehead atoms. The SMILES string of the molecule is CCC(=O)N(c1ccccn1)C(C)CN1CCCCC1. The predicted octanol–water partition coefficient (Wildman–Crippen LogP) is 2.70. The number of carbonyl (C=O) groups is 1. The number of likely N-dealkylation sites (tertiary alicyclic amines) is 1. The van der Waals surface area contributed by atoms with Gasteiger partial charge in [-0.1, -0.05) is 19.4 Å². The fourth-order valence-electron chi connectivity index (χ4n) is 2.86. The summed E-state index contributed by atoms with van der Waals surface area (Å²) in [4.78, 5) is 20.9. The van der Waals surface area contributed by atoms with E-state index in [4.69, 9.17) is 0 Å². The minimum Gasteiger partial charge on any atom is -0.301 e. The normalized spacial score (nSPS) is 17.7. The van der Waals surface area contributed by atoms with E-state index in [-0.39, 0.29) is 11.9 Å². The van der Waals surface area contributed by atoms with Gasteiger partial charge in [0.1, 0.15) is 5.82 Å². The molecule has 110 valence electrons. The minimum absolute atomic E-state index is 0.146. The molecule has 2 rings (SSSR count).